The summed E-state index contributed by atoms with van der Waals surface area (Å²) in [4.78, 5) is 16.6. The van der Waals surface area contributed by atoms with Gasteiger partial charge >= 0.3 is 0 Å². The molecule has 0 saturated heterocycles. The Bertz CT molecular complexity index is 377. The predicted octanol–water partition coefficient (Wildman–Crippen LogP) is 3.60. The molecule has 0 amide bonds. The van der Waals surface area contributed by atoms with E-state index in [0.717, 1.165) is 11.1 Å². The van der Waals surface area contributed by atoms with E-state index >= 15 is 0 Å². The molecule has 0 N–H and O–H groups in total. The number of aromatic nitrogens is 4. The Hall–Kier alpha value is -1.84. The summed E-state index contributed by atoms with van der Waals surface area (Å²) in [6, 6.07) is 0. The van der Waals surface area contributed by atoms with E-state index in [1.54, 1.807) is 24.8 Å². The summed E-state index contributed by atoms with van der Waals surface area (Å²) in [5, 5.41) is 0. The Kier molecular flexibility index (Phi) is 8.27. The highest BCUT2D eigenvalue weighted by Gasteiger charge is 2.02. The monoisotopic (exact) mass is 246 g/mol. The molecule has 2 aromatic heterocycles. The molecule has 0 spiro atoms. The van der Waals surface area contributed by atoms with Gasteiger partial charge in [-0.25, -0.2) is 19.9 Å². The van der Waals surface area contributed by atoms with Crippen LogP contribution in [0.25, 0.3) is 11.6 Å². The van der Waals surface area contributed by atoms with Crippen molar-refractivity contribution in [2.75, 3.05) is 0 Å². The van der Waals surface area contributed by atoms with Crippen LogP contribution in [0.5, 0.6) is 0 Å². The van der Waals surface area contributed by atoms with Crippen molar-refractivity contribution >= 4 is 0 Å². The van der Waals surface area contributed by atoms with Crippen molar-refractivity contribution < 1.29 is 0 Å². The maximum absolute atomic E-state index is 4.14. The lowest BCUT2D eigenvalue weighted by Crippen LogP contribution is -1.94. The van der Waals surface area contributed by atoms with Gasteiger partial charge in [-0.3, -0.25) is 0 Å². The van der Waals surface area contributed by atoms with Crippen molar-refractivity contribution in [1.29, 1.82) is 0 Å². The molecular weight excluding hydrogens is 224 g/mol. The van der Waals surface area contributed by atoms with Crippen LogP contribution >= 0.6 is 0 Å². The smallest absolute Gasteiger partial charge is 0.197 e. The molecule has 2 aromatic rings. The average molecular weight is 246 g/mol. The lowest BCUT2D eigenvalue weighted by molar-refractivity contribution is 1.05. The van der Waals surface area contributed by atoms with Gasteiger partial charge in [0.2, 0.25) is 0 Å². The number of hydrogen-bond donors (Lipinski definition) is 0. The van der Waals surface area contributed by atoms with Gasteiger partial charge in [0.25, 0.3) is 0 Å². The number of aryl methyl sites for hydroxylation is 2. The van der Waals surface area contributed by atoms with Crippen LogP contribution < -0.4 is 0 Å². The van der Waals surface area contributed by atoms with Crippen LogP contribution in [0.15, 0.2) is 24.8 Å². The van der Waals surface area contributed by atoms with Crippen LogP contribution in [-0.2, 0) is 0 Å². The van der Waals surface area contributed by atoms with Crippen molar-refractivity contribution in [1.82, 2.24) is 19.9 Å². The van der Waals surface area contributed by atoms with E-state index in [-0.39, 0.29) is 0 Å². The fourth-order valence-electron chi connectivity index (χ4n) is 1.02. The average Bonchev–Trinajstić information content (AvgIpc) is 2.45. The number of rotatable bonds is 1. The van der Waals surface area contributed by atoms with Crippen LogP contribution in [-0.4, -0.2) is 19.9 Å². The molecule has 0 aliphatic rings. The Balaban J connectivity index is 0.000000659. The summed E-state index contributed by atoms with van der Waals surface area (Å²) in [5.41, 5.74) is 2.06. The first-order valence-corrected chi connectivity index (χ1v) is 6.33. The molecule has 0 aliphatic carbocycles. The highest BCUT2D eigenvalue weighted by molar-refractivity contribution is 5.41. The maximum Gasteiger partial charge on any atom is 0.197 e. The molecule has 0 bridgehead atoms. The van der Waals surface area contributed by atoms with E-state index in [1.165, 1.54) is 0 Å². The van der Waals surface area contributed by atoms with Gasteiger partial charge in [-0.2, -0.15) is 0 Å². The van der Waals surface area contributed by atoms with Gasteiger partial charge in [0.1, 0.15) is 0 Å². The molecule has 18 heavy (non-hydrogen) atoms. The Morgan fingerprint density at radius 3 is 1.00 bits per heavy atom. The fraction of sp³-hybridized carbons (Fsp3) is 0.429. The van der Waals surface area contributed by atoms with Gasteiger partial charge in [-0.05, 0) is 25.0 Å². The van der Waals surface area contributed by atoms with E-state index in [1.807, 2.05) is 41.5 Å². The molecule has 2 heterocycles. The molecule has 0 radical (unpaired) electrons. The quantitative estimate of drug-likeness (QED) is 0.771. The van der Waals surface area contributed by atoms with Crippen molar-refractivity contribution in [3.8, 4) is 11.6 Å². The second kappa shape index (κ2) is 9.22. The van der Waals surface area contributed by atoms with Crippen molar-refractivity contribution in [2.24, 2.45) is 0 Å². The molecule has 0 atom stereocenters. The summed E-state index contributed by atoms with van der Waals surface area (Å²) in [6.45, 7) is 11.9. The summed E-state index contributed by atoms with van der Waals surface area (Å²) >= 11 is 0. The molecule has 2 rings (SSSR count). The second-order valence-electron chi connectivity index (χ2n) is 3.17. The molecule has 0 saturated carbocycles. The SMILES string of the molecule is CC.CC.Cc1cnc(-c2ncc(C)cn2)nc1. The van der Waals surface area contributed by atoms with Gasteiger partial charge in [-0.15, -0.1) is 0 Å². The van der Waals surface area contributed by atoms with Gasteiger partial charge in [-0.1, -0.05) is 27.7 Å². The van der Waals surface area contributed by atoms with Crippen LogP contribution in [0.3, 0.4) is 0 Å². The maximum atomic E-state index is 4.14. The third-order valence-electron chi connectivity index (χ3n) is 1.76. The molecule has 4 heteroatoms. The predicted molar refractivity (Wildman–Crippen MR) is 75.2 cm³/mol. The standard InChI is InChI=1S/C10H10N4.2C2H6/c1-7-3-11-9(12-4-7)10-13-5-8(2)6-14-10;2*1-2/h3-6H,1-2H3;2*1-2H3. The molecule has 0 aromatic carbocycles. The first-order valence-electron chi connectivity index (χ1n) is 6.33. The number of hydrogen-bond acceptors (Lipinski definition) is 4. The first kappa shape index (κ1) is 16.2. The van der Waals surface area contributed by atoms with Gasteiger partial charge in [0.15, 0.2) is 11.6 Å². The second-order valence-corrected chi connectivity index (χ2v) is 3.17. The summed E-state index contributed by atoms with van der Waals surface area (Å²) in [6.07, 6.45) is 7.02. The molecule has 0 aliphatic heterocycles. The van der Waals surface area contributed by atoms with E-state index < -0.39 is 0 Å². The zero-order valence-electron chi connectivity index (χ0n) is 12.1. The van der Waals surface area contributed by atoms with E-state index in [0.29, 0.717) is 11.6 Å². The highest BCUT2D eigenvalue weighted by atomic mass is 15.0. The lowest BCUT2D eigenvalue weighted by atomic mass is 10.3. The first-order chi connectivity index (χ1) is 8.75. The van der Waals surface area contributed by atoms with Gasteiger partial charge < -0.3 is 0 Å². The van der Waals surface area contributed by atoms with Crippen molar-refractivity contribution in [3.63, 3.8) is 0 Å². The van der Waals surface area contributed by atoms with Crippen LogP contribution in [0.4, 0.5) is 0 Å². The minimum atomic E-state index is 0.565. The Labute approximate surface area is 110 Å². The normalized spacial score (nSPS) is 8.56. The van der Waals surface area contributed by atoms with Crippen LogP contribution in [0.1, 0.15) is 38.8 Å². The highest BCUT2D eigenvalue weighted by Crippen LogP contribution is 2.07. The molecular formula is C14H22N4. The Morgan fingerprint density at radius 1 is 0.556 bits per heavy atom. The van der Waals surface area contributed by atoms with Crippen LogP contribution in [0.2, 0.25) is 0 Å². The molecule has 0 fully saturated rings. The van der Waals surface area contributed by atoms with Crippen molar-refractivity contribution in [3.05, 3.63) is 35.9 Å². The van der Waals surface area contributed by atoms with Crippen LogP contribution in [0, 0.1) is 13.8 Å². The largest absolute Gasteiger partial charge is 0.234 e. The molecule has 4 nitrogen and oxygen atoms in total. The van der Waals surface area contributed by atoms with E-state index in [9.17, 15) is 0 Å². The summed E-state index contributed by atoms with van der Waals surface area (Å²) < 4.78 is 0. The topological polar surface area (TPSA) is 51.6 Å². The zero-order valence-corrected chi connectivity index (χ0v) is 12.1. The summed E-state index contributed by atoms with van der Waals surface area (Å²) in [5.74, 6) is 1.13. The van der Waals surface area contributed by atoms with E-state index in [2.05, 4.69) is 19.9 Å². The van der Waals surface area contributed by atoms with E-state index in [4.69, 9.17) is 0 Å². The summed E-state index contributed by atoms with van der Waals surface area (Å²) in [7, 11) is 0. The fourth-order valence-corrected chi connectivity index (χ4v) is 1.02. The third-order valence-corrected chi connectivity index (χ3v) is 1.76. The number of nitrogens with zero attached hydrogens (tertiary/aromatic N) is 4. The Morgan fingerprint density at radius 2 is 0.778 bits per heavy atom. The molecule has 0 unspecified atom stereocenters. The third kappa shape index (κ3) is 4.99. The van der Waals surface area contributed by atoms with Gasteiger partial charge in [0.05, 0.1) is 0 Å². The van der Waals surface area contributed by atoms with Gasteiger partial charge in [0, 0.05) is 24.8 Å². The minimum Gasteiger partial charge on any atom is -0.234 e. The molecule has 98 valence electrons. The zero-order chi connectivity index (χ0) is 14.0. The lowest BCUT2D eigenvalue weighted by Gasteiger charge is -1.98. The minimum absolute atomic E-state index is 0.565. The van der Waals surface area contributed by atoms with Crippen molar-refractivity contribution in [2.45, 2.75) is 41.5 Å².